The van der Waals surface area contributed by atoms with Crippen LogP contribution in [0.4, 0.5) is 5.13 Å². The summed E-state index contributed by atoms with van der Waals surface area (Å²) < 4.78 is 23.4. The highest BCUT2D eigenvalue weighted by Gasteiger charge is 2.37. The highest BCUT2D eigenvalue weighted by molar-refractivity contribution is 7.91. The van der Waals surface area contributed by atoms with Crippen molar-refractivity contribution >= 4 is 43.8 Å². The van der Waals surface area contributed by atoms with Crippen molar-refractivity contribution in [1.82, 2.24) is 9.99 Å². The van der Waals surface area contributed by atoms with Crippen molar-refractivity contribution in [3.8, 4) is 11.3 Å². The molecule has 29 heavy (non-hydrogen) atoms. The van der Waals surface area contributed by atoms with Crippen LogP contribution in [0, 0.1) is 6.92 Å². The topological polar surface area (TPSA) is 109 Å². The first-order chi connectivity index (χ1) is 13.8. The van der Waals surface area contributed by atoms with E-state index < -0.39 is 21.8 Å². The normalized spacial score (nSPS) is 21.1. The van der Waals surface area contributed by atoms with Crippen LogP contribution in [0.2, 0.25) is 0 Å². The summed E-state index contributed by atoms with van der Waals surface area (Å²) in [7, 11) is -3.15. The molecule has 0 saturated carbocycles. The molecule has 152 valence electrons. The Bertz CT molecular complexity index is 1090. The smallest absolute Gasteiger partial charge is 0.273 e. The Labute approximate surface area is 172 Å². The highest BCUT2D eigenvalue weighted by Crippen LogP contribution is 2.26. The van der Waals surface area contributed by atoms with E-state index in [1.165, 1.54) is 16.3 Å². The Hall–Kier alpha value is -2.59. The molecular formula is C19H20N4O4S2. The van der Waals surface area contributed by atoms with E-state index in [2.05, 4.69) is 15.4 Å². The third kappa shape index (κ3) is 4.38. The third-order valence-corrected chi connectivity index (χ3v) is 7.46. The molecular weight excluding hydrogens is 412 g/mol. The molecule has 3 heterocycles. The summed E-state index contributed by atoms with van der Waals surface area (Å²) >= 11 is 1.31. The maximum atomic E-state index is 12.6. The number of nitrogens with zero attached hydrogens (tertiary/aromatic N) is 3. The zero-order chi connectivity index (χ0) is 20.6. The number of benzene rings is 1. The average Bonchev–Trinajstić information content (AvgIpc) is 3.29. The van der Waals surface area contributed by atoms with Crippen LogP contribution in [-0.4, -0.2) is 53.5 Å². The second kappa shape index (κ2) is 7.68. The fourth-order valence-electron chi connectivity index (χ4n) is 3.35. The number of carbonyl (C=O) groups excluding carboxylic acids is 2. The first-order valence-corrected chi connectivity index (χ1v) is 11.9. The molecule has 1 atom stereocenters. The van der Waals surface area contributed by atoms with E-state index >= 15 is 0 Å². The lowest BCUT2D eigenvalue weighted by molar-refractivity contribution is -0.133. The van der Waals surface area contributed by atoms with Gasteiger partial charge in [0.1, 0.15) is 5.71 Å². The summed E-state index contributed by atoms with van der Waals surface area (Å²) in [6, 6.07) is 7.45. The van der Waals surface area contributed by atoms with Gasteiger partial charge in [0.15, 0.2) is 15.0 Å². The number of anilines is 1. The number of sulfone groups is 1. The Morgan fingerprint density at radius 3 is 2.69 bits per heavy atom. The summed E-state index contributed by atoms with van der Waals surface area (Å²) in [5.41, 5.74) is 3.09. The van der Waals surface area contributed by atoms with E-state index in [-0.39, 0.29) is 36.0 Å². The first-order valence-electron chi connectivity index (χ1n) is 9.25. The molecule has 2 aromatic rings. The van der Waals surface area contributed by atoms with Gasteiger partial charge >= 0.3 is 0 Å². The number of aromatic nitrogens is 1. The van der Waals surface area contributed by atoms with Gasteiger partial charge in [-0.25, -0.2) is 18.4 Å². The molecule has 0 radical (unpaired) electrons. The largest absolute Gasteiger partial charge is 0.297 e. The monoisotopic (exact) mass is 432 g/mol. The molecule has 1 aromatic heterocycles. The quantitative estimate of drug-likeness (QED) is 0.797. The standard InChI is InChI=1S/C19H20N4O4S2/c1-12-2-4-13(5-3-12)16-10-28-19(20-16)21-18(25)15-6-7-17(24)23(22-15)14-8-9-29(26,27)11-14/h2-5,10,14H,6-9,11H2,1H3,(H,20,21,25)/t14-/m0/s1. The van der Waals surface area contributed by atoms with Gasteiger partial charge in [0, 0.05) is 23.8 Å². The van der Waals surface area contributed by atoms with Gasteiger partial charge in [0.25, 0.3) is 5.91 Å². The van der Waals surface area contributed by atoms with Gasteiger partial charge in [-0.05, 0) is 13.3 Å². The van der Waals surface area contributed by atoms with Crippen LogP contribution in [0.5, 0.6) is 0 Å². The number of rotatable bonds is 4. The number of nitrogens with one attached hydrogen (secondary N) is 1. The lowest BCUT2D eigenvalue weighted by Gasteiger charge is -2.27. The van der Waals surface area contributed by atoms with Gasteiger partial charge in [-0.15, -0.1) is 11.3 Å². The average molecular weight is 433 g/mol. The van der Waals surface area contributed by atoms with Crippen molar-refractivity contribution < 1.29 is 18.0 Å². The van der Waals surface area contributed by atoms with Gasteiger partial charge in [0.05, 0.1) is 23.2 Å². The summed E-state index contributed by atoms with van der Waals surface area (Å²) in [5, 5.41) is 10.4. The van der Waals surface area contributed by atoms with Crippen LogP contribution in [0.15, 0.2) is 34.7 Å². The molecule has 4 rings (SSSR count). The molecule has 1 saturated heterocycles. The SMILES string of the molecule is Cc1ccc(-c2csc(NC(=O)C3=NN([C@H]4CCS(=O)(=O)C4)C(=O)CC3)n2)cc1. The Balaban J connectivity index is 1.47. The van der Waals surface area contributed by atoms with Crippen molar-refractivity contribution in [3.05, 3.63) is 35.2 Å². The number of hydrazone groups is 1. The van der Waals surface area contributed by atoms with Crippen LogP contribution < -0.4 is 5.32 Å². The maximum absolute atomic E-state index is 12.6. The Kier molecular flexibility index (Phi) is 5.22. The predicted molar refractivity (Wildman–Crippen MR) is 111 cm³/mol. The van der Waals surface area contributed by atoms with E-state index in [9.17, 15) is 18.0 Å². The van der Waals surface area contributed by atoms with E-state index in [0.29, 0.717) is 11.6 Å². The molecule has 0 unspecified atom stereocenters. The number of hydrogen-bond acceptors (Lipinski definition) is 7. The number of carbonyl (C=O) groups is 2. The molecule has 0 aliphatic carbocycles. The fraction of sp³-hybridized carbons (Fsp3) is 0.368. The van der Waals surface area contributed by atoms with Crippen LogP contribution in [-0.2, 0) is 19.4 Å². The Morgan fingerprint density at radius 1 is 1.24 bits per heavy atom. The molecule has 8 nitrogen and oxygen atoms in total. The molecule has 1 fully saturated rings. The van der Waals surface area contributed by atoms with Crippen LogP contribution in [0.1, 0.15) is 24.8 Å². The minimum atomic E-state index is -3.15. The second-order valence-electron chi connectivity index (χ2n) is 7.20. The molecule has 1 N–H and O–H groups in total. The van der Waals surface area contributed by atoms with E-state index in [1.54, 1.807) is 0 Å². The fourth-order valence-corrected chi connectivity index (χ4v) is 5.75. The van der Waals surface area contributed by atoms with Crippen molar-refractivity contribution in [1.29, 1.82) is 0 Å². The van der Waals surface area contributed by atoms with E-state index in [0.717, 1.165) is 16.8 Å². The molecule has 0 bridgehead atoms. The van der Waals surface area contributed by atoms with E-state index in [4.69, 9.17) is 0 Å². The number of amides is 2. The first kappa shape index (κ1) is 19.7. The minimum Gasteiger partial charge on any atom is -0.297 e. The van der Waals surface area contributed by atoms with Gasteiger partial charge < -0.3 is 0 Å². The van der Waals surface area contributed by atoms with Gasteiger partial charge in [-0.2, -0.15) is 5.10 Å². The highest BCUT2D eigenvalue weighted by atomic mass is 32.2. The van der Waals surface area contributed by atoms with Crippen molar-refractivity contribution in [2.24, 2.45) is 5.10 Å². The molecule has 2 aliphatic rings. The van der Waals surface area contributed by atoms with Crippen molar-refractivity contribution in [2.45, 2.75) is 32.2 Å². The number of aryl methyl sites for hydroxylation is 1. The van der Waals surface area contributed by atoms with E-state index in [1.807, 2.05) is 36.6 Å². The van der Waals surface area contributed by atoms with Crippen LogP contribution in [0.3, 0.4) is 0 Å². The maximum Gasteiger partial charge on any atom is 0.273 e. The third-order valence-electron chi connectivity index (χ3n) is 4.95. The van der Waals surface area contributed by atoms with Crippen LogP contribution >= 0.6 is 11.3 Å². The molecule has 2 aliphatic heterocycles. The van der Waals surface area contributed by atoms with Gasteiger partial charge in [0.2, 0.25) is 5.91 Å². The van der Waals surface area contributed by atoms with Crippen LogP contribution in [0.25, 0.3) is 11.3 Å². The summed E-state index contributed by atoms with van der Waals surface area (Å²) in [6.07, 6.45) is 0.699. The zero-order valence-electron chi connectivity index (χ0n) is 15.8. The lowest BCUT2D eigenvalue weighted by atomic mass is 10.1. The zero-order valence-corrected chi connectivity index (χ0v) is 17.4. The summed E-state index contributed by atoms with van der Waals surface area (Å²) in [4.78, 5) is 29.3. The second-order valence-corrected chi connectivity index (χ2v) is 10.3. The molecule has 0 spiro atoms. The predicted octanol–water partition coefficient (Wildman–Crippen LogP) is 2.22. The molecule has 2 amide bonds. The van der Waals surface area contributed by atoms with Crippen molar-refractivity contribution in [2.75, 3.05) is 16.8 Å². The van der Waals surface area contributed by atoms with Gasteiger partial charge in [-0.1, -0.05) is 29.8 Å². The molecule has 10 heteroatoms. The lowest BCUT2D eigenvalue weighted by Crippen LogP contribution is -2.42. The Morgan fingerprint density at radius 2 is 2.00 bits per heavy atom. The molecule has 1 aromatic carbocycles. The van der Waals surface area contributed by atoms with Crippen molar-refractivity contribution in [3.63, 3.8) is 0 Å². The minimum absolute atomic E-state index is 0.0411. The number of thiazole rings is 1. The summed E-state index contributed by atoms with van der Waals surface area (Å²) in [6.45, 7) is 2.01. The van der Waals surface area contributed by atoms with Gasteiger partial charge in [-0.3, -0.25) is 14.9 Å². The summed E-state index contributed by atoms with van der Waals surface area (Å²) in [5.74, 6) is -0.740. The number of hydrogen-bond donors (Lipinski definition) is 1.